The van der Waals surface area contributed by atoms with Crippen molar-refractivity contribution in [1.29, 1.82) is 0 Å². The van der Waals surface area contributed by atoms with Gasteiger partial charge in [-0.2, -0.15) is 0 Å². The van der Waals surface area contributed by atoms with Crippen LogP contribution in [0.4, 0.5) is 8.78 Å². The van der Waals surface area contributed by atoms with Crippen LogP contribution in [0, 0.1) is 13.8 Å². The van der Waals surface area contributed by atoms with Crippen molar-refractivity contribution in [1.82, 2.24) is 9.80 Å². The number of rotatable bonds is 6. The summed E-state index contributed by atoms with van der Waals surface area (Å²) in [5, 5.41) is 0. The molecule has 0 radical (unpaired) electrons. The molecule has 3 aliphatic rings. The molecule has 0 saturated carbocycles. The van der Waals surface area contributed by atoms with Crippen molar-refractivity contribution < 1.29 is 27.8 Å². The van der Waals surface area contributed by atoms with E-state index in [1.165, 1.54) is 0 Å². The van der Waals surface area contributed by atoms with E-state index in [1.54, 1.807) is 24.3 Å². The summed E-state index contributed by atoms with van der Waals surface area (Å²) in [4.78, 5) is 27.6. The van der Waals surface area contributed by atoms with Crippen LogP contribution in [0.15, 0.2) is 24.3 Å². The number of cyclic esters (lactones) is 2. The molecule has 180 valence electrons. The summed E-state index contributed by atoms with van der Waals surface area (Å²) in [6.45, 7) is 7.24. The van der Waals surface area contributed by atoms with Crippen molar-refractivity contribution in [2.24, 2.45) is 0 Å². The predicted molar refractivity (Wildman–Crippen MR) is 121 cm³/mol. The van der Waals surface area contributed by atoms with Gasteiger partial charge < -0.3 is 9.47 Å². The zero-order valence-electron chi connectivity index (χ0n) is 19.4. The van der Waals surface area contributed by atoms with Gasteiger partial charge in [0, 0.05) is 50.4 Å². The Morgan fingerprint density at radius 2 is 1.12 bits per heavy atom. The molecule has 0 amide bonds. The molecule has 0 aliphatic carbocycles. The van der Waals surface area contributed by atoms with Crippen molar-refractivity contribution in [3.05, 3.63) is 68.8 Å². The Labute approximate surface area is 197 Å². The number of esters is 2. The molecule has 6 nitrogen and oxygen atoms in total. The van der Waals surface area contributed by atoms with E-state index in [2.05, 4.69) is 9.80 Å². The molecule has 2 atom stereocenters. The molecule has 2 aromatic carbocycles. The first-order valence-electron chi connectivity index (χ1n) is 11.6. The molecule has 0 aromatic heterocycles. The lowest BCUT2D eigenvalue weighted by atomic mass is 9.95. The van der Waals surface area contributed by atoms with Crippen LogP contribution in [-0.4, -0.2) is 61.0 Å². The van der Waals surface area contributed by atoms with E-state index in [0.717, 1.165) is 22.3 Å². The minimum absolute atomic E-state index is 0.205. The number of hydrogen-bond donors (Lipinski definition) is 0. The zero-order valence-corrected chi connectivity index (χ0v) is 19.4. The van der Waals surface area contributed by atoms with Crippen molar-refractivity contribution in [2.75, 3.05) is 39.3 Å². The van der Waals surface area contributed by atoms with Gasteiger partial charge in [-0.25, -0.2) is 18.4 Å². The Balaban J connectivity index is 1.16. The highest BCUT2D eigenvalue weighted by molar-refractivity contribution is 5.94. The molecule has 3 aliphatic heterocycles. The number of benzene rings is 2. The van der Waals surface area contributed by atoms with Gasteiger partial charge in [0.25, 0.3) is 0 Å². The Kier molecular flexibility index (Phi) is 6.12. The van der Waals surface area contributed by atoms with Gasteiger partial charge in [0.05, 0.1) is 11.1 Å². The molecule has 0 bridgehead atoms. The first-order valence-corrected chi connectivity index (χ1v) is 11.6. The van der Waals surface area contributed by atoms with Crippen molar-refractivity contribution >= 4 is 11.9 Å². The summed E-state index contributed by atoms with van der Waals surface area (Å²) in [5.41, 5.74) is 5.37. The summed E-state index contributed by atoms with van der Waals surface area (Å²) in [7, 11) is 0. The van der Waals surface area contributed by atoms with Crippen LogP contribution < -0.4 is 0 Å². The number of fused-ring (bicyclic) bond motifs is 2. The lowest BCUT2D eigenvalue weighted by molar-refractivity contribution is 0.0525. The van der Waals surface area contributed by atoms with Crippen molar-refractivity contribution in [2.45, 2.75) is 39.4 Å². The smallest absolute Gasteiger partial charge is 0.338 e. The number of carbonyl (C=O) groups is 2. The SMILES string of the molecule is Cc1c(C(F)CN2CCN(CC(F)c3ccc4c(c3C)COC4=O)CC2)ccc2c1COC2=O. The number of halogens is 2. The monoisotopic (exact) mass is 470 g/mol. The van der Waals surface area contributed by atoms with Gasteiger partial charge in [-0.05, 0) is 48.2 Å². The average molecular weight is 471 g/mol. The highest BCUT2D eigenvalue weighted by atomic mass is 19.1. The molecule has 8 heteroatoms. The number of nitrogens with zero attached hydrogens (tertiary/aromatic N) is 2. The third kappa shape index (κ3) is 4.09. The number of alkyl halides is 2. The van der Waals surface area contributed by atoms with Gasteiger partial charge in [-0.1, -0.05) is 12.1 Å². The van der Waals surface area contributed by atoms with E-state index in [-0.39, 0.29) is 38.2 Å². The van der Waals surface area contributed by atoms with Crippen molar-refractivity contribution in [3.8, 4) is 0 Å². The molecular weight excluding hydrogens is 442 g/mol. The maximum atomic E-state index is 15.2. The number of carbonyl (C=O) groups excluding carboxylic acids is 2. The maximum absolute atomic E-state index is 15.2. The fourth-order valence-corrected chi connectivity index (χ4v) is 5.22. The first kappa shape index (κ1) is 22.9. The van der Waals surface area contributed by atoms with Crippen molar-refractivity contribution in [3.63, 3.8) is 0 Å². The molecule has 0 N–H and O–H groups in total. The Morgan fingerprint density at radius 3 is 1.50 bits per heavy atom. The predicted octanol–water partition coefficient (Wildman–Crippen LogP) is 3.98. The Bertz CT molecular complexity index is 1050. The van der Waals surface area contributed by atoms with E-state index in [1.807, 2.05) is 13.8 Å². The van der Waals surface area contributed by atoms with Crippen LogP contribution >= 0.6 is 0 Å². The van der Waals surface area contributed by atoms with Crippen LogP contribution in [0.5, 0.6) is 0 Å². The maximum Gasteiger partial charge on any atom is 0.338 e. The highest BCUT2D eigenvalue weighted by Crippen LogP contribution is 2.33. The minimum Gasteiger partial charge on any atom is -0.457 e. The van der Waals surface area contributed by atoms with Crippen LogP contribution in [-0.2, 0) is 22.7 Å². The van der Waals surface area contributed by atoms with E-state index >= 15 is 8.78 Å². The highest BCUT2D eigenvalue weighted by Gasteiger charge is 2.30. The van der Waals surface area contributed by atoms with Crippen LogP contribution in [0.1, 0.15) is 66.4 Å². The summed E-state index contributed by atoms with van der Waals surface area (Å²) < 4.78 is 40.5. The molecular formula is C26H28F2N2O4. The summed E-state index contributed by atoms with van der Waals surface area (Å²) in [5.74, 6) is -0.696. The quantitative estimate of drug-likeness (QED) is 0.596. The molecule has 2 unspecified atom stereocenters. The Morgan fingerprint density at radius 1 is 0.735 bits per heavy atom. The average Bonchev–Trinajstić information content (AvgIpc) is 3.39. The summed E-state index contributed by atoms with van der Waals surface area (Å²) in [6, 6.07) is 6.68. The zero-order chi connectivity index (χ0) is 24.0. The molecule has 3 heterocycles. The van der Waals surface area contributed by atoms with Gasteiger partial charge >= 0.3 is 11.9 Å². The molecule has 1 saturated heterocycles. The van der Waals surface area contributed by atoms with E-state index in [4.69, 9.17) is 9.47 Å². The normalized spacial score (nSPS) is 20.0. The number of hydrogen-bond acceptors (Lipinski definition) is 6. The fourth-order valence-electron chi connectivity index (χ4n) is 5.22. The molecule has 2 aromatic rings. The fraction of sp³-hybridized carbons (Fsp3) is 0.462. The Hall–Kier alpha value is -2.84. The van der Waals surface area contributed by atoms with E-state index in [9.17, 15) is 9.59 Å². The standard InChI is InChI=1S/C26H28F2N2O4/c1-15-17(3-5-19-21(15)13-33-25(19)31)23(27)11-29-7-9-30(10-8-29)12-24(28)18-4-6-20-22(16(18)2)14-34-26(20)32/h3-6,23-24H,7-14H2,1-2H3. The van der Waals surface area contributed by atoms with Crippen LogP contribution in [0.3, 0.4) is 0 Å². The van der Waals surface area contributed by atoms with Gasteiger partial charge in [0.1, 0.15) is 25.6 Å². The minimum atomic E-state index is -1.17. The summed E-state index contributed by atoms with van der Waals surface area (Å²) >= 11 is 0. The van der Waals surface area contributed by atoms with E-state index < -0.39 is 12.3 Å². The topological polar surface area (TPSA) is 59.1 Å². The van der Waals surface area contributed by atoms with Gasteiger partial charge in [0.15, 0.2) is 0 Å². The number of piperazine rings is 1. The second-order valence-corrected chi connectivity index (χ2v) is 9.30. The third-order valence-electron chi connectivity index (χ3n) is 7.39. The lowest BCUT2D eigenvalue weighted by Gasteiger charge is -2.36. The second kappa shape index (κ2) is 9.07. The van der Waals surface area contributed by atoms with Crippen LogP contribution in [0.2, 0.25) is 0 Å². The lowest BCUT2D eigenvalue weighted by Crippen LogP contribution is -2.48. The van der Waals surface area contributed by atoms with Gasteiger partial charge in [-0.15, -0.1) is 0 Å². The van der Waals surface area contributed by atoms with Gasteiger partial charge in [-0.3, -0.25) is 9.80 Å². The largest absolute Gasteiger partial charge is 0.457 e. The van der Waals surface area contributed by atoms with Gasteiger partial charge in [0.2, 0.25) is 0 Å². The number of ether oxygens (including phenoxy) is 2. The molecule has 34 heavy (non-hydrogen) atoms. The first-order chi connectivity index (χ1) is 16.3. The van der Waals surface area contributed by atoms with Crippen LogP contribution in [0.25, 0.3) is 0 Å². The molecule has 1 fully saturated rings. The molecule has 0 spiro atoms. The second-order valence-electron chi connectivity index (χ2n) is 9.30. The third-order valence-corrected chi connectivity index (χ3v) is 7.39. The molecule has 5 rings (SSSR count). The van der Waals surface area contributed by atoms with E-state index in [0.29, 0.717) is 48.4 Å². The summed E-state index contributed by atoms with van der Waals surface area (Å²) in [6.07, 6.45) is -2.33.